The molecule has 0 fully saturated rings. The maximum Gasteiger partial charge on any atom is 0.435 e. The zero-order chi connectivity index (χ0) is 14.3. The molecule has 1 rings (SSSR count). The van der Waals surface area contributed by atoms with Crippen molar-refractivity contribution in [3.8, 4) is 0 Å². The van der Waals surface area contributed by atoms with Gasteiger partial charge < -0.3 is 4.74 Å². The summed E-state index contributed by atoms with van der Waals surface area (Å²) in [6, 6.07) is 0. The summed E-state index contributed by atoms with van der Waals surface area (Å²) in [4.78, 5) is 23.7. The number of likely N-dealkylation sites (N-methyl/N-ethyl adjacent to an activating group) is 1. The lowest BCUT2D eigenvalue weighted by molar-refractivity contribution is -0.162. The monoisotopic (exact) mass is 257 g/mol. The third-order valence-corrected chi connectivity index (χ3v) is 2.70. The lowest BCUT2D eigenvalue weighted by atomic mass is 9.96. The summed E-state index contributed by atoms with van der Waals surface area (Å²) in [5.74, 6) is -0.492. The third kappa shape index (κ3) is 2.31. The maximum absolute atomic E-state index is 12.0. The van der Waals surface area contributed by atoms with Crippen LogP contribution < -0.4 is 0 Å². The summed E-state index contributed by atoms with van der Waals surface area (Å²) in [5, 5.41) is 15.2. The quantitative estimate of drug-likeness (QED) is 0.565. The standard InChI is InChI=1S/C11H19N3O4/c1-7-11(5,8(15)13(6)12-7)14(17)9(16)18-10(2,3)4/h17H,1-6H3. The number of carbonyl (C=O) groups is 2. The van der Waals surface area contributed by atoms with Crippen LogP contribution in [0.2, 0.25) is 0 Å². The number of nitrogens with zero attached hydrogens (tertiary/aromatic N) is 3. The summed E-state index contributed by atoms with van der Waals surface area (Å²) < 4.78 is 5.02. The van der Waals surface area contributed by atoms with Gasteiger partial charge in [-0.3, -0.25) is 10.0 Å². The summed E-state index contributed by atoms with van der Waals surface area (Å²) >= 11 is 0. The summed E-state index contributed by atoms with van der Waals surface area (Å²) in [5.41, 5.74) is -1.95. The molecule has 0 radical (unpaired) electrons. The highest BCUT2D eigenvalue weighted by molar-refractivity contribution is 6.16. The molecular formula is C11H19N3O4. The van der Waals surface area contributed by atoms with Gasteiger partial charge in [0.15, 0.2) is 5.54 Å². The molecule has 0 aliphatic carbocycles. The van der Waals surface area contributed by atoms with Crippen molar-refractivity contribution < 1.29 is 19.5 Å². The van der Waals surface area contributed by atoms with E-state index in [9.17, 15) is 14.8 Å². The van der Waals surface area contributed by atoms with Gasteiger partial charge in [0.25, 0.3) is 5.91 Å². The smallest absolute Gasteiger partial charge is 0.435 e. The number of rotatable bonds is 1. The normalized spacial score (nSPS) is 24.1. The van der Waals surface area contributed by atoms with E-state index in [-0.39, 0.29) is 0 Å². The fourth-order valence-electron chi connectivity index (χ4n) is 1.57. The van der Waals surface area contributed by atoms with Crippen molar-refractivity contribution in [2.45, 2.75) is 45.8 Å². The lowest BCUT2D eigenvalue weighted by Crippen LogP contribution is -2.58. The van der Waals surface area contributed by atoms with Crippen molar-refractivity contribution in [3.05, 3.63) is 0 Å². The Morgan fingerprint density at radius 3 is 2.33 bits per heavy atom. The molecule has 1 N–H and O–H groups in total. The first-order valence-corrected chi connectivity index (χ1v) is 5.56. The summed E-state index contributed by atoms with van der Waals surface area (Å²) in [7, 11) is 1.46. The molecule has 0 aromatic rings. The summed E-state index contributed by atoms with van der Waals surface area (Å²) in [6.45, 7) is 8.00. The average Bonchev–Trinajstić information content (AvgIpc) is 2.40. The van der Waals surface area contributed by atoms with Gasteiger partial charge in [0.05, 0.1) is 5.71 Å². The molecule has 0 saturated heterocycles. The zero-order valence-corrected chi connectivity index (χ0v) is 11.5. The van der Waals surface area contributed by atoms with Gasteiger partial charge in [0.2, 0.25) is 0 Å². The second-order valence-corrected chi connectivity index (χ2v) is 5.38. The molecule has 7 nitrogen and oxygen atoms in total. The van der Waals surface area contributed by atoms with E-state index < -0.39 is 23.1 Å². The maximum atomic E-state index is 12.0. The third-order valence-electron chi connectivity index (χ3n) is 2.70. The van der Waals surface area contributed by atoms with Crippen LogP contribution in [0.3, 0.4) is 0 Å². The highest BCUT2D eigenvalue weighted by Gasteiger charge is 2.52. The van der Waals surface area contributed by atoms with Gasteiger partial charge >= 0.3 is 6.09 Å². The molecule has 1 unspecified atom stereocenters. The Bertz CT molecular complexity index is 413. The van der Waals surface area contributed by atoms with Crippen molar-refractivity contribution in [1.82, 2.24) is 10.1 Å². The lowest BCUT2D eigenvalue weighted by Gasteiger charge is -2.32. The van der Waals surface area contributed by atoms with Gasteiger partial charge in [-0.25, -0.2) is 9.80 Å². The number of hydrogen-bond acceptors (Lipinski definition) is 5. The number of ether oxygens (including phenoxy) is 1. The number of carbonyl (C=O) groups excluding carboxylic acids is 2. The first-order chi connectivity index (χ1) is 8.00. The van der Waals surface area contributed by atoms with Crippen molar-refractivity contribution in [1.29, 1.82) is 0 Å². The van der Waals surface area contributed by atoms with E-state index in [2.05, 4.69) is 5.10 Å². The molecule has 1 aliphatic heterocycles. The largest absolute Gasteiger partial charge is 0.442 e. The molecule has 102 valence electrons. The second-order valence-electron chi connectivity index (χ2n) is 5.38. The van der Waals surface area contributed by atoms with Crippen LogP contribution in [-0.2, 0) is 9.53 Å². The van der Waals surface area contributed by atoms with E-state index in [1.165, 1.54) is 14.0 Å². The SMILES string of the molecule is CC1=NN(C)C(=O)C1(C)N(O)C(=O)OC(C)(C)C. The van der Waals surface area contributed by atoms with Crippen LogP contribution in [0.4, 0.5) is 4.79 Å². The van der Waals surface area contributed by atoms with Crippen molar-refractivity contribution in [2.75, 3.05) is 7.05 Å². The number of hydrogen-bond donors (Lipinski definition) is 1. The highest BCUT2D eigenvalue weighted by atomic mass is 16.6. The van der Waals surface area contributed by atoms with E-state index in [0.717, 1.165) is 5.01 Å². The van der Waals surface area contributed by atoms with Crippen LogP contribution in [0.5, 0.6) is 0 Å². The van der Waals surface area contributed by atoms with Crippen molar-refractivity contribution in [2.24, 2.45) is 5.10 Å². The van der Waals surface area contributed by atoms with Gasteiger partial charge in [-0.2, -0.15) is 10.2 Å². The fourth-order valence-corrected chi connectivity index (χ4v) is 1.57. The van der Waals surface area contributed by atoms with E-state index in [0.29, 0.717) is 10.8 Å². The van der Waals surface area contributed by atoms with Gasteiger partial charge in [0, 0.05) is 7.05 Å². The Morgan fingerprint density at radius 1 is 1.50 bits per heavy atom. The van der Waals surface area contributed by atoms with E-state index in [1.807, 2.05) is 0 Å². The molecule has 1 heterocycles. The molecule has 0 aromatic heterocycles. The summed E-state index contributed by atoms with van der Waals surface area (Å²) in [6.07, 6.45) is -0.983. The Balaban J connectivity index is 2.97. The molecule has 0 bridgehead atoms. The zero-order valence-electron chi connectivity index (χ0n) is 11.5. The Hall–Kier alpha value is -1.63. The first kappa shape index (κ1) is 14.4. The number of hydrazone groups is 1. The Morgan fingerprint density at radius 2 is 2.00 bits per heavy atom. The highest BCUT2D eigenvalue weighted by Crippen LogP contribution is 2.26. The fraction of sp³-hybridized carbons (Fsp3) is 0.727. The first-order valence-electron chi connectivity index (χ1n) is 5.56. The van der Waals surface area contributed by atoms with Crippen LogP contribution in [0.1, 0.15) is 34.6 Å². The van der Waals surface area contributed by atoms with Crippen LogP contribution in [0.15, 0.2) is 5.10 Å². The van der Waals surface area contributed by atoms with Gasteiger partial charge in [0.1, 0.15) is 5.60 Å². The van der Waals surface area contributed by atoms with Gasteiger partial charge in [-0.15, -0.1) is 0 Å². The van der Waals surface area contributed by atoms with Crippen molar-refractivity contribution >= 4 is 17.7 Å². The second kappa shape index (κ2) is 4.24. The molecule has 0 spiro atoms. The predicted molar refractivity (Wildman–Crippen MR) is 64.1 cm³/mol. The minimum atomic E-state index is -1.52. The van der Waals surface area contributed by atoms with Crippen LogP contribution >= 0.6 is 0 Å². The van der Waals surface area contributed by atoms with E-state index in [1.54, 1.807) is 27.7 Å². The number of hydroxylamine groups is 2. The van der Waals surface area contributed by atoms with E-state index in [4.69, 9.17) is 4.74 Å². The molecule has 0 saturated carbocycles. The minimum Gasteiger partial charge on any atom is -0.442 e. The van der Waals surface area contributed by atoms with E-state index >= 15 is 0 Å². The predicted octanol–water partition coefficient (Wildman–Crippen LogP) is 1.22. The number of amides is 2. The molecule has 7 heteroatoms. The average molecular weight is 257 g/mol. The van der Waals surface area contributed by atoms with Crippen molar-refractivity contribution in [3.63, 3.8) is 0 Å². The molecular weight excluding hydrogens is 238 g/mol. The molecule has 18 heavy (non-hydrogen) atoms. The van der Waals surface area contributed by atoms with Gasteiger partial charge in [-0.05, 0) is 34.6 Å². The molecule has 0 aromatic carbocycles. The Kier molecular flexibility index (Phi) is 3.40. The van der Waals surface area contributed by atoms with Crippen LogP contribution in [0, 0.1) is 0 Å². The molecule has 1 aliphatic rings. The van der Waals surface area contributed by atoms with Crippen LogP contribution in [0.25, 0.3) is 0 Å². The Labute approximate surface area is 106 Å². The van der Waals surface area contributed by atoms with Gasteiger partial charge in [-0.1, -0.05) is 0 Å². The molecule has 2 amide bonds. The molecule has 1 atom stereocenters. The van der Waals surface area contributed by atoms with Crippen LogP contribution in [-0.4, -0.2) is 51.2 Å². The minimum absolute atomic E-state index is 0.295. The topological polar surface area (TPSA) is 82.4 Å².